The largest absolute Gasteiger partial charge is 0.480 e. The van der Waals surface area contributed by atoms with Gasteiger partial charge in [0, 0.05) is 25.8 Å². The fourth-order valence-electron chi connectivity index (χ4n) is 7.64. The van der Waals surface area contributed by atoms with Crippen LogP contribution >= 0.6 is 0 Å². The Morgan fingerprint density at radius 1 is 0.471 bits per heavy atom. The second-order valence-corrected chi connectivity index (χ2v) is 18.0. The molecule has 1 amide bonds. The van der Waals surface area contributed by atoms with E-state index in [1.807, 2.05) is 0 Å². The first-order valence-corrected chi connectivity index (χ1v) is 26.4. The predicted molar refractivity (Wildman–Crippen MR) is 265 cm³/mol. The molecule has 0 aliphatic carbocycles. The van der Waals surface area contributed by atoms with Crippen molar-refractivity contribution < 1.29 is 63.1 Å². The molecular formula is C53H92N2O13. The Bertz CT molecular complexity index is 1390. The summed E-state index contributed by atoms with van der Waals surface area (Å²) in [6, 6.07) is -1.33. The van der Waals surface area contributed by atoms with Crippen LogP contribution in [0.1, 0.15) is 226 Å². The SMILES string of the molecule is CCCCCCCC/C=C\CCCCCCCC(=O)OC[C@@H](COC(=O)CCC(=O)NCCCCC(C(=O)O)N(CC(=O)O)CC(=O)O)OC(=O)CCCCCCC/C=C\CCCCCCCC. The molecule has 0 spiro atoms. The molecule has 0 bridgehead atoms. The molecule has 0 aliphatic rings. The third kappa shape index (κ3) is 43.0. The Balaban J connectivity index is 4.74. The molecular weight excluding hydrogens is 873 g/mol. The van der Waals surface area contributed by atoms with Crippen LogP contribution < -0.4 is 5.32 Å². The zero-order chi connectivity index (χ0) is 50.3. The van der Waals surface area contributed by atoms with Crippen molar-refractivity contribution in [1.82, 2.24) is 10.2 Å². The minimum absolute atomic E-state index is 0.0334. The molecule has 0 aromatic rings. The van der Waals surface area contributed by atoms with Crippen LogP contribution in [0.4, 0.5) is 0 Å². The van der Waals surface area contributed by atoms with E-state index in [-0.39, 0.29) is 58.3 Å². The number of unbranched alkanes of at least 4 members (excludes halogenated alkanes) is 23. The molecule has 68 heavy (non-hydrogen) atoms. The molecule has 0 fully saturated rings. The standard InChI is InChI=1S/C53H92N2O13/c1-3-5-7-9-11-13-15-17-19-21-23-25-27-29-31-36-50(61)66-43-45(68-52(63)37-32-30-28-26-24-22-20-18-16-14-12-10-8-6-4-2)44-67-51(62)39-38-47(56)54-40-34-33-35-46(53(64)65)55(41-48(57)58)42-49(59)60/h17-20,45-46H,3-16,21-44H2,1-2H3,(H,54,56)(H,57,58)(H,59,60)(H,64,65)/b19-17-,20-18-/t45-,46?/m0/s1. The van der Waals surface area contributed by atoms with Crippen molar-refractivity contribution in [2.75, 3.05) is 32.8 Å². The van der Waals surface area contributed by atoms with Gasteiger partial charge in [0.25, 0.3) is 0 Å². The minimum atomic E-state index is -1.35. The first-order valence-electron chi connectivity index (χ1n) is 26.4. The van der Waals surface area contributed by atoms with E-state index in [0.29, 0.717) is 19.3 Å². The number of esters is 3. The number of rotatable bonds is 49. The molecule has 0 radical (unpaired) electrons. The van der Waals surface area contributed by atoms with Gasteiger partial charge in [0.2, 0.25) is 5.91 Å². The summed E-state index contributed by atoms with van der Waals surface area (Å²) in [5.41, 5.74) is 0. The zero-order valence-electron chi connectivity index (χ0n) is 42.2. The van der Waals surface area contributed by atoms with Crippen LogP contribution in [0, 0.1) is 0 Å². The van der Waals surface area contributed by atoms with E-state index in [2.05, 4.69) is 43.5 Å². The summed E-state index contributed by atoms with van der Waals surface area (Å²) >= 11 is 0. The van der Waals surface area contributed by atoms with Crippen molar-refractivity contribution in [1.29, 1.82) is 0 Å². The number of carbonyl (C=O) groups excluding carboxylic acids is 4. The van der Waals surface area contributed by atoms with Gasteiger partial charge in [0.15, 0.2) is 6.10 Å². The average molecular weight is 965 g/mol. The Morgan fingerprint density at radius 2 is 0.868 bits per heavy atom. The normalized spacial score (nSPS) is 12.3. The molecule has 392 valence electrons. The molecule has 0 aromatic heterocycles. The molecule has 0 rings (SSSR count). The highest BCUT2D eigenvalue weighted by Gasteiger charge is 2.28. The van der Waals surface area contributed by atoms with Crippen LogP contribution in [0.15, 0.2) is 24.3 Å². The van der Waals surface area contributed by atoms with E-state index in [9.17, 15) is 38.7 Å². The van der Waals surface area contributed by atoms with Gasteiger partial charge in [-0.15, -0.1) is 0 Å². The number of nitrogens with zero attached hydrogens (tertiary/aromatic N) is 1. The molecule has 0 aromatic carbocycles. The second-order valence-electron chi connectivity index (χ2n) is 18.0. The molecule has 0 saturated heterocycles. The van der Waals surface area contributed by atoms with E-state index in [0.717, 1.165) is 81.9 Å². The quantitative estimate of drug-likeness (QED) is 0.0193. The number of allylic oxidation sites excluding steroid dienone is 4. The number of aliphatic carboxylic acids is 3. The van der Waals surface area contributed by atoms with Gasteiger partial charge >= 0.3 is 35.8 Å². The summed E-state index contributed by atoms with van der Waals surface area (Å²) in [5, 5.41) is 30.3. The van der Waals surface area contributed by atoms with Gasteiger partial charge in [0.1, 0.15) is 19.3 Å². The second kappa shape index (κ2) is 46.5. The lowest BCUT2D eigenvalue weighted by Gasteiger charge is -2.25. The van der Waals surface area contributed by atoms with E-state index >= 15 is 0 Å². The summed E-state index contributed by atoms with van der Waals surface area (Å²) in [6.45, 7) is 2.51. The third-order valence-corrected chi connectivity index (χ3v) is 11.6. The van der Waals surface area contributed by atoms with Crippen molar-refractivity contribution >= 4 is 41.7 Å². The summed E-state index contributed by atoms with van der Waals surface area (Å²) in [6.07, 6.45) is 38.3. The fourth-order valence-corrected chi connectivity index (χ4v) is 7.64. The van der Waals surface area contributed by atoms with Crippen LogP contribution in [-0.4, -0.2) is 107 Å². The summed E-state index contributed by atoms with van der Waals surface area (Å²) in [4.78, 5) is 85.3. The Hall–Kier alpha value is -4.27. The zero-order valence-corrected chi connectivity index (χ0v) is 42.2. The Morgan fingerprint density at radius 3 is 1.29 bits per heavy atom. The maximum atomic E-state index is 12.8. The van der Waals surface area contributed by atoms with E-state index in [1.165, 1.54) is 77.0 Å². The van der Waals surface area contributed by atoms with Crippen LogP contribution in [0.2, 0.25) is 0 Å². The monoisotopic (exact) mass is 965 g/mol. The van der Waals surface area contributed by atoms with Crippen LogP contribution in [0.5, 0.6) is 0 Å². The molecule has 4 N–H and O–H groups in total. The number of hydrogen-bond acceptors (Lipinski definition) is 11. The molecule has 2 atom stereocenters. The van der Waals surface area contributed by atoms with E-state index in [1.54, 1.807) is 0 Å². The van der Waals surface area contributed by atoms with Crippen molar-refractivity contribution in [2.45, 2.75) is 238 Å². The Labute approximate surface area is 409 Å². The van der Waals surface area contributed by atoms with Gasteiger partial charge in [0.05, 0.1) is 19.5 Å². The lowest BCUT2D eigenvalue weighted by Crippen LogP contribution is -2.46. The van der Waals surface area contributed by atoms with E-state index < -0.39 is 67.0 Å². The number of amides is 1. The first-order chi connectivity index (χ1) is 32.9. The first kappa shape index (κ1) is 63.7. The number of carboxylic acids is 3. The van der Waals surface area contributed by atoms with Crippen molar-refractivity contribution in [2.24, 2.45) is 0 Å². The third-order valence-electron chi connectivity index (χ3n) is 11.6. The topological polar surface area (TPSA) is 223 Å². The Kier molecular flexibility index (Phi) is 43.5. The van der Waals surface area contributed by atoms with Gasteiger partial charge in [-0.25, -0.2) is 0 Å². The number of hydrogen-bond donors (Lipinski definition) is 4. The summed E-state index contributed by atoms with van der Waals surface area (Å²) < 4.78 is 16.4. The van der Waals surface area contributed by atoms with Crippen LogP contribution in [0.25, 0.3) is 0 Å². The van der Waals surface area contributed by atoms with Gasteiger partial charge in [-0.3, -0.25) is 38.5 Å². The summed E-state index contributed by atoms with van der Waals surface area (Å²) in [7, 11) is 0. The van der Waals surface area contributed by atoms with Crippen molar-refractivity contribution in [3.63, 3.8) is 0 Å². The maximum Gasteiger partial charge on any atom is 0.320 e. The van der Waals surface area contributed by atoms with Gasteiger partial charge in [-0.1, -0.05) is 141 Å². The number of carbonyl (C=O) groups is 7. The van der Waals surface area contributed by atoms with Gasteiger partial charge in [-0.2, -0.15) is 0 Å². The fraction of sp³-hybridized carbons (Fsp3) is 0.792. The highest BCUT2D eigenvalue weighted by Crippen LogP contribution is 2.14. The molecule has 1 unspecified atom stereocenters. The number of carboxylic acid groups (broad SMARTS) is 3. The predicted octanol–water partition coefficient (Wildman–Crippen LogP) is 11.1. The van der Waals surface area contributed by atoms with Gasteiger partial charge < -0.3 is 34.8 Å². The molecule has 0 saturated carbocycles. The molecule has 15 heteroatoms. The van der Waals surface area contributed by atoms with Crippen molar-refractivity contribution in [3.05, 3.63) is 24.3 Å². The lowest BCUT2D eigenvalue weighted by atomic mass is 10.1. The van der Waals surface area contributed by atoms with Gasteiger partial charge in [-0.05, 0) is 83.5 Å². The highest BCUT2D eigenvalue weighted by molar-refractivity contribution is 5.81. The van der Waals surface area contributed by atoms with Crippen LogP contribution in [-0.2, 0) is 47.8 Å². The van der Waals surface area contributed by atoms with Crippen molar-refractivity contribution in [3.8, 4) is 0 Å². The maximum absolute atomic E-state index is 12.8. The molecule has 0 aliphatic heterocycles. The number of ether oxygens (including phenoxy) is 3. The number of nitrogens with one attached hydrogen (secondary N) is 1. The highest BCUT2D eigenvalue weighted by atomic mass is 16.6. The van der Waals surface area contributed by atoms with E-state index in [4.69, 9.17) is 24.4 Å². The van der Waals surface area contributed by atoms with Crippen LogP contribution in [0.3, 0.4) is 0 Å². The molecule has 15 nitrogen and oxygen atoms in total. The molecule has 0 heterocycles. The lowest BCUT2D eigenvalue weighted by molar-refractivity contribution is -0.167. The smallest absolute Gasteiger partial charge is 0.320 e. The summed E-state index contributed by atoms with van der Waals surface area (Å²) in [5.74, 6) is -6.11. The minimum Gasteiger partial charge on any atom is -0.480 e. The average Bonchev–Trinajstić information content (AvgIpc) is 3.29.